The van der Waals surface area contributed by atoms with Crippen LogP contribution < -0.4 is 32.0 Å². The number of benzene rings is 5. The topological polar surface area (TPSA) is 79.8 Å². The number of hydrogen-bond donors (Lipinski definition) is 2. The fraction of sp³-hybridized carbons (Fsp3) is 0.171. The second kappa shape index (κ2) is 18.1. The van der Waals surface area contributed by atoms with Crippen molar-refractivity contribution in [3.63, 3.8) is 0 Å². The highest BCUT2D eigenvalue weighted by atomic mass is 31.2. The molecule has 250 valence electrons. The van der Waals surface area contributed by atoms with Crippen molar-refractivity contribution < 1.29 is 14.3 Å². The summed E-state index contributed by atoms with van der Waals surface area (Å²) in [5.41, 5.74) is 3.70. The van der Waals surface area contributed by atoms with Crippen LogP contribution in [0.2, 0.25) is 0 Å². The van der Waals surface area contributed by atoms with Crippen molar-refractivity contribution in [2.24, 2.45) is 5.10 Å². The molecule has 49 heavy (non-hydrogen) atoms. The lowest BCUT2D eigenvalue weighted by Crippen LogP contribution is -2.36. The molecule has 5 aromatic carbocycles. The molecular weight excluding hydrogens is 644 g/mol. The molecule has 0 saturated carbocycles. The van der Waals surface area contributed by atoms with Gasteiger partial charge in [-0.25, -0.2) is 15.0 Å². The zero-order valence-electron chi connectivity index (χ0n) is 28.0. The molecule has 0 spiro atoms. The predicted octanol–water partition coefficient (Wildman–Crippen LogP) is 7.50. The van der Waals surface area contributed by atoms with Gasteiger partial charge in [0.2, 0.25) is 0 Å². The standard InChI is InChI=1S/C41H43N3O3P2/c1-3-47-40(45)39(33(2)43-44-41(46)42-34-21-9-4-10-22-34)49(37-27-15-7-16-28-37,38-29-17-8-18-30-38)32-20-19-31-48(35-23-11-5-12-24-35)36-25-13-6-14-26-36/h4-18,21-30H,3,19-20,31-32H2,1-2H3,(H2,42,44,46)/b43-33+. The van der Waals surface area contributed by atoms with E-state index in [-0.39, 0.29) is 6.61 Å². The van der Waals surface area contributed by atoms with Crippen molar-refractivity contribution >= 4 is 64.7 Å². The Kier molecular flexibility index (Phi) is 13.1. The van der Waals surface area contributed by atoms with E-state index in [0.717, 1.165) is 35.8 Å². The van der Waals surface area contributed by atoms with Gasteiger partial charge in [0.05, 0.1) is 17.6 Å². The molecule has 0 heterocycles. The number of carbonyl (C=O) groups excluding carboxylic acids is 2. The van der Waals surface area contributed by atoms with Gasteiger partial charge in [0.1, 0.15) is 0 Å². The number of nitrogens with one attached hydrogen (secondary N) is 2. The van der Waals surface area contributed by atoms with Crippen molar-refractivity contribution in [1.29, 1.82) is 0 Å². The van der Waals surface area contributed by atoms with Crippen LogP contribution in [0.25, 0.3) is 0 Å². The molecule has 0 saturated heterocycles. The maximum atomic E-state index is 14.2. The quantitative estimate of drug-likeness (QED) is 0.0417. The van der Waals surface area contributed by atoms with Gasteiger partial charge in [-0.1, -0.05) is 140 Å². The van der Waals surface area contributed by atoms with E-state index in [1.807, 2.05) is 61.5 Å². The Labute approximate surface area is 291 Å². The van der Waals surface area contributed by atoms with Gasteiger partial charge in [-0.3, -0.25) is 0 Å². The number of rotatable bonds is 14. The van der Waals surface area contributed by atoms with Gasteiger partial charge < -0.3 is 10.1 Å². The van der Waals surface area contributed by atoms with Crippen molar-refractivity contribution in [3.05, 3.63) is 152 Å². The second-order valence-corrected chi connectivity index (χ2v) is 17.3. The molecule has 0 aliphatic heterocycles. The Bertz CT molecular complexity index is 1790. The summed E-state index contributed by atoms with van der Waals surface area (Å²) in [6, 6.07) is 50.8. The van der Waals surface area contributed by atoms with Gasteiger partial charge in [-0.05, 0) is 87.2 Å². The predicted molar refractivity (Wildman–Crippen MR) is 210 cm³/mol. The number of hydrogen-bond acceptors (Lipinski definition) is 4. The molecule has 5 rings (SSSR count). The third kappa shape index (κ3) is 9.23. The van der Waals surface area contributed by atoms with Gasteiger partial charge in [-0.2, -0.15) is 5.10 Å². The molecule has 0 aliphatic carbocycles. The van der Waals surface area contributed by atoms with Crippen LogP contribution in [0.1, 0.15) is 26.7 Å². The summed E-state index contributed by atoms with van der Waals surface area (Å²) in [7, 11) is -0.551. The minimum absolute atomic E-state index is 0.222. The first-order chi connectivity index (χ1) is 24.0. The summed E-state index contributed by atoms with van der Waals surface area (Å²) < 4.78 is 5.78. The third-order valence-corrected chi connectivity index (χ3v) is 15.4. The van der Waals surface area contributed by atoms with E-state index in [1.54, 1.807) is 19.1 Å². The van der Waals surface area contributed by atoms with Crippen LogP contribution in [-0.4, -0.2) is 41.9 Å². The first kappa shape index (κ1) is 35.5. The van der Waals surface area contributed by atoms with Crippen LogP contribution >= 0.6 is 14.8 Å². The van der Waals surface area contributed by atoms with E-state index in [4.69, 9.17) is 4.74 Å². The molecule has 0 radical (unpaired) electrons. The molecular formula is C41H43N3O3P2. The second-order valence-electron chi connectivity index (χ2n) is 11.4. The van der Waals surface area contributed by atoms with Crippen LogP contribution in [0.3, 0.4) is 0 Å². The first-order valence-electron chi connectivity index (χ1n) is 16.6. The number of unbranched alkanes of at least 4 members (excludes halogenated alkanes) is 1. The van der Waals surface area contributed by atoms with Crippen molar-refractivity contribution in [2.75, 3.05) is 24.2 Å². The molecule has 6 nitrogen and oxygen atoms in total. The Morgan fingerprint density at radius 1 is 0.673 bits per heavy atom. The number of hydrazone groups is 1. The zero-order chi connectivity index (χ0) is 34.3. The summed E-state index contributed by atoms with van der Waals surface area (Å²) in [6.07, 6.45) is 3.62. The summed E-state index contributed by atoms with van der Waals surface area (Å²) in [6.45, 7) is 1.19. The Morgan fingerprint density at radius 2 is 1.14 bits per heavy atom. The van der Waals surface area contributed by atoms with Gasteiger partial charge in [0, 0.05) is 5.69 Å². The van der Waals surface area contributed by atoms with E-state index in [9.17, 15) is 9.59 Å². The Hall–Kier alpha value is -4.76. The molecule has 8 heteroatoms. The fourth-order valence-electron chi connectivity index (χ4n) is 6.03. The molecule has 0 unspecified atom stereocenters. The van der Waals surface area contributed by atoms with Crippen molar-refractivity contribution in [3.8, 4) is 0 Å². The third-order valence-electron chi connectivity index (χ3n) is 8.20. The Balaban J connectivity index is 1.57. The van der Waals surface area contributed by atoms with Crippen LogP contribution in [0.15, 0.2) is 157 Å². The number of esters is 1. The summed E-state index contributed by atoms with van der Waals surface area (Å²) in [5.74, 6) is -0.411. The molecule has 5 aromatic rings. The average molecular weight is 688 g/mol. The largest absolute Gasteiger partial charge is 0.462 e. The minimum atomic E-state index is -2.64. The lowest BCUT2D eigenvalue weighted by Gasteiger charge is -2.32. The van der Waals surface area contributed by atoms with Crippen LogP contribution in [0.5, 0.6) is 0 Å². The number of ether oxygens (including phenoxy) is 1. The highest BCUT2D eigenvalue weighted by Gasteiger charge is 2.34. The number of urea groups is 1. The van der Waals surface area contributed by atoms with E-state index in [2.05, 4.69) is 101 Å². The number of anilines is 1. The normalized spacial score (nSPS) is 11.5. The molecule has 0 aromatic heterocycles. The van der Waals surface area contributed by atoms with Crippen LogP contribution in [-0.2, 0) is 9.53 Å². The SMILES string of the molecule is CCOC(=O)C(/C(C)=N/NC(=O)Nc1ccccc1)=P(CCCCP(c1ccccc1)c1ccccc1)(c1ccccc1)c1ccccc1. The van der Waals surface area contributed by atoms with E-state index < -0.39 is 26.8 Å². The zero-order valence-corrected chi connectivity index (χ0v) is 29.8. The maximum absolute atomic E-state index is 14.2. The minimum Gasteiger partial charge on any atom is -0.462 e. The van der Waals surface area contributed by atoms with Gasteiger partial charge >= 0.3 is 12.0 Å². The highest BCUT2D eigenvalue weighted by Crippen LogP contribution is 2.49. The first-order valence-corrected chi connectivity index (χ1v) is 20.1. The number of amides is 2. The van der Waals surface area contributed by atoms with Crippen LogP contribution in [0.4, 0.5) is 10.5 Å². The molecule has 0 bridgehead atoms. The molecule has 0 aliphatic rings. The van der Waals surface area contributed by atoms with Gasteiger partial charge in [0.15, 0.2) is 0 Å². The van der Waals surface area contributed by atoms with E-state index in [0.29, 0.717) is 16.7 Å². The van der Waals surface area contributed by atoms with Crippen LogP contribution in [0, 0.1) is 0 Å². The lowest BCUT2D eigenvalue weighted by molar-refractivity contribution is -0.134. The van der Waals surface area contributed by atoms with Crippen molar-refractivity contribution in [1.82, 2.24) is 5.43 Å². The number of carbonyl (C=O) groups is 2. The molecule has 2 amide bonds. The summed E-state index contributed by atoms with van der Waals surface area (Å²) in [5, 5.41) is 12.7. The Morgan fingerprint density at radius 3 is 1.63 bits per heavy atom. The summed E-state index contributed by atoms with van der Waals surface area (Å²) >= 11 is 0. The number of nitrogens with zero attached hydrogens (tertiary/aromatic N) is 1. The number of para-hydroxylation sites is 1. The van der Waals surface area contributed by atoms with Crippen molar-refractivity contribution in [2.45, 2.75) is 26.7 Å². The van der Waals surface area contributed by atoms with Gasteiger partial charge in [0.25, 0.3) is 0 Å². The summed E-state index contributed by atoms with van der Waals surface area (Å²) in [4.78, 5) is 27.1. The maximum Gasteiger partial charge on any atom is 0.340 e. The van der Waals surface area contributed by atoms with E-state index in [1.165, 1.54) is 10.6 Å². The van der Waals surface area contributed by atoms with Gasteiger partial charge in [-0.15, -0.1) is 0 Å². The fourth-order valence-corrected chi connectivity index (χ4v) is 13.0. The highest BCUT2D eigenvalue weighted by molar-refractivity contribution is 7.92. The smallest absolute Gasteiger partial charge is 0.340 e. The molecule has 2 N–H and O–H groups in total. The molecule has 0 atom stereocenters. The average Bonchev–Trinajstić information content (AvgIpc) is 3.15. The molecule has 0 fully saturated rings. The monoisotopic (exact) mass is 687 g/mol. The van der Waals surface area contributed by atoms with E-state index >= 15 is 0 Å². The lowest BCUT2D eigenvalue weighted by atomic mass is 10.3.